The topological polar surface area (TPSA) is 67.4 Å². The first-order chi connectivity index (χ1) is 12.4. The van der Waals surface area contributed by atoms with Gasteiger partial charge in [0.25, 0.3) is 5.91 Å². The van der Waals surface area contributed by atoms with Crippen molar-refractivity contribution >= 4 is 35.0 Å². The van der Waals surface area contributed by atoms with Crippen LogP contribution in [0.1, 0.15) is 35.3 Å². The van der Waals surface area contributed by atoms with E-state index >= 15 is 0 Å². The number of halogens is 2. The van der Waals surface area contributed by atoms with Crippen molar-refractivity contribution in [2.75, 3.05) is 13.7 Å². The minimum Gasteiger partial charge on any atom is -0.497 e. The Morgan fingerprint density at radius 1 is 1.12 bits per heavy atom. The van der Waals surface area contributed by atoms with Crippen molar-refractivity contribution in [3.05, 3.63) is 63.6 Å². The molecular formula is C19H20Cl2N2O3. The molecule has 2 amide bonds. The highest BCUT2D eigenvalue weighted by Crippen LogP contribution is 2.21. The quantitative estimate of drug-likeness (QED) is 0.745. The number of ether oxygens (including phenoxy) is 1. The molecule has 0 spiro atoms. The van der Waals surface area contributed by atoms with E-state index in [1.165, 1.54) is 12.1 Å². The van der Waals surface area contributed by atoms with Gasteiger partial charge in [0.05, 0.1) is 30.3 Å². The van der Waals surface area contributed by atoms with E-state index in [-0.39, 0.29) is 29.1 Å². The molecule has 2 rings (SSSR count). The molecule has 26 heavy (non-hydrogen) atoms. The third kappa shape index (κ3) is 5.38. The molecule has 1 unspecified atom stereocenters. The minimum absolute atomic E-state index is 0.148. The van der Waals surface area contributed by atoms with Crippen LogP contribution in [0.2, 0.25) is 10.0 Å². The molecule has 2 aromatic rings. The van der Waals surface area contributed by atoms with Gasteiger partial charge in [-0.1, -0.05) is 42.3 Å². The number of hydrogen-bond donors (Lipinski definition) is 2. The second-order valence-electron chi connectivity index (χ2n) is 5.61. The molecule has 5 nitrogen and oxygen atoms in total. The zero-order valence-corrected chi connectivity index (χ0v) is 16.0. The van der Waals surface area contributed by atoms with Gasteiger partial charge in [0.15, 0.2) is 0 Å². The predicted molar refractivity (Wildman–Crippen MR) is 103 cm³/mol. The molecule has 138 valence electrons. The van der Waals surface area contributed by atoms with Gasteiger partial charge in [-0.25, -0.2) is 0 Å². The van der Waals surface area contributed by atoms with E-state index in [0.717, 1.165) is 17.7 Å². The van der Waals surface area contributed by atoms with Crippen LogP contribution in [0.5, 0.6) is 5.75 Å². The molecule has 0 aliphatic rings. The number of carbonyl (C=O) groups is 2. The number of carbonyl (C=O) groups excluding carboxylic acids is 2. The van der Waals surface area contributed by atoms with Crippen molar-refractivity contribution in [2.24, 2.45) is 0 Å². The fourth-order valence-corrected chi connectivity index (χ4v) is 2.93. The van der Waals surface area contributed by atoms with Gasteiger partial charge in [-0.15, -0.1) is 0 Å². The lowest BCUT2D eigenvalue weighted by Crippen LogP contribution is -2.38. The average Bonchev–Trinajstić information content (AvgIpc) is 2.64. The largest absolute Gasteiger partial charge is 0.497 e. The number of benzene rings is 2. The molecule has 1 atom stereocenters. The number of hydrogen-bond acceptors (Lipinski definition) is 3. The Morgan fingerprint density at radius 3 is 2.38 bits per heavy atom. The van der Waals surface area contributed by atoms with Crippen LogP contribution in [0.15, 0.2) is 42.5 Å². The average molecular weight is 395 g/mol. The van der Waals surface area contributed by atoms with E-state index in [4.69, 9.17) is 27.9 Å². The smallest absolute Gasteiger partial charge is 0.253 e. The Kier molecular flexibility index (Phi) is 7.30. The van der Waals surface area contributed by atoms with Crippen molar-refractivity contribution in [1.29, 1.82) is 0 Å². The Labute approximate surface area is 162 Å². The maximum atomic E-state index is 12.2. The zero-order valence-electron chi connectivity index (χ0n) is 14.5. The van der Waals surface area contributed by atoms with E-state index in [1.807, 2.05) is 31.2 Å². The third-order valence-corrected chi connectivity index (χ3v) is 4.39. The molecule has 0 bridgehead atoms. The van der Waals surface area contributed by atoms with Crippen molar-refractivity contribution < 1.29 is 14.3 Å². The van der Waals surface area contributed by atoms with Crippen molar-refractivity contribution in [3.8, 4) is 5.75 Å². The first-order valence-corrected chi connectivity index (χ1v) is 8.86. The van der Waals surface area contributed by atoms with Gasteiger partial charge in [0.2, 0.25) is 5.91 Å². The Balaban J connectivity index is 1.92. The van der Waals surface area contributed by atoms with Crippen LogP contribution in [-0.2, 0) is 4.79 Å². The normalized spacial score (nSPS) is 11.5. The summed E-state index contributed by atoms with van der Waals surface area (Å²) < 4.78 is 5.13. The number of methoxy groups -OCH3 is 1. The molecule has 0 saturated heterocycles. The maximum Gasteiger partial charge on any atom is 0.253 e. The molecule has 2 aromatic carbocycles. The van der Waals surface area contributed by atoms with Crippen molar-refractivity contribution in [2.45, 2.75) is 19.4 Å². The summed E-state index contributed by atoms with van der Waals surface area (Å²) in [5.74, 6) is 0.0347. The van der Waals surface area contributed by atoms with Crippen LogP contribution in [0.25, 0.3) is 0 Å². The van der Waals surface area contributed by atoms with Crippen LogP contribution in [0, 0.1) is 0 Å². The summed E-state index contributed by atoms with van der Waals surface area (Å²) in [6.07, 6.45) is 0.717. The van der Waals surface area contributed by atoms with Crippen LogP contribution in [-0.4, -0.2) is 25.5 Å². The van der Waals surface area contributed by atoms with E-state index in [1.54, 1.807) is 13.2 Å². The molecule has 0 radical (unpaired) electrons. The molecule has 0 heterocycles. The minimum atomic E-state index is -0.431. The summed E-state index contributed by atoms with van der Waals surface area (Å²) in [6, 6.07) is 11.9. The monoisotopic (exact) mass is 394 g/mol. The lowest BCUT2D eigenvalue weighted by molar-refractivity contribution is -0.120. The van der Waals surface area contributed by atoms with Crippen molar-refractivity contribution in [1.82, 2.24) is 10.6 Å². The van der Waals surface area contributed by atoms with Gasteiger partial charge in [-0.2, -0.15) is 0 Å². The molecule has 0 saturated carbocycles. The second-order valence-corrected chi connectivity index (χ2v) is 6.45. The Bertz CT molecular complexity index is 779. The van der Waals surface area contributed by atoms with E-state index < -0.39 is 5.91 Å². The molecular weight excluding hydrogens is 375 g/mol. The fraction of sp³-hybridized carbons (Fsp3) is 0.263. The van der Waals surface area contributed by atoms with E-state index in [0.29, 0.717) is 5.02 Å². The van der Waals surface area contributed by atoms with Crippen LogP contribution in [0.3, 0.4) is 0 Å². The molecule has 0 aromatic heterocycles. The lowest BCUT2D eigenvalue weighted by Gasteiger charge is -2.18. The van der Waals surface area contributed by atoms with Gasteiger partial charge in [0.1, 0.15) is 5.75 Å². The highest BCUT2D eigenvalue weighted by atomic mass is 35.5. The fourth-order valence-electron chi connectivity index (χ4n) is 2.43. The summed E-state index contributed by atoms with van der Waals surface area (Å²) >= 11 is 11.8. The van der Waals surface area contributed by atoms with Crippen molar-refractivity contribution in [3.63, 3.8) is 0 Å². The molecule has 2 N–H and O–H groups in total. The Hall–Kier alpha value is -2.24. The highest BCUT2D eigenvalue weighted by Gasteiger charge is 2.15. The van der Waals surface area contributed by atoms with Gasteiger partial charge in [-0.05, 0) is 42.3 Å². The molecule has 0 aliphatic heterocycles. The lowest BCUT2D eigenvalue weighted by atomic mass is 10.0. The number of rotatable bonds is 7. The number of amides is 2. The summed E-state index contributed by atoms with van der Waals surface area (Å²) in [7, 11) is 1.60. The van der Waals surface area contributed by atoms with Gasteiger partial charge in [0, 0.05) is 5.02 Å². The Morgan fingerprint density at radius 2 is 1.81 bits per heavy atom. The molecule has 0 fully saturated rings. The predicted octanol–water partition coefficient (Wildman–Crippen LogP) is 4.00. The molecule has 7 heteroatoms. The summed E-state index contributed by atoms with van der Waals surface area (Å²) in [5.41, 5.74) is 1.24. The van der Waals surface area contributed by atoms with Gasteiger partial charge >= 0.3 is 0 Å². The first kappa shape index (κ1) is 20.1. The van der Waals surface area contributed by atoms with E-state index in [9.17, 15) is 9.59 Å². The summed E-state index contributed by atoms with van der Waals surface area (Å²) in [5, 5.41) is 6.14. The summed E-state index contributed by atoms with van der Waals surface area (Å²) in [6.45, 7) is 1.83. The second kappa shape index (κ2) is 9.46. The van der Waals surface area contributed by atoms with E-state index in [2.05, 4.69) is 10.6 Å². The maximum absolute atomic E-state index is 12.2. The SMILES string of the molecule is CCC(NC(=O)CNC(=O)c1ccc(Cl)cc1Cl)c1ccc(OC)cc1. The zero-order chi connectivity index (χ0) is 19.1. The van der Waals surface area contributed by atoms with Gasteiger partial charge < -0.3 is 15.4 Å². The first-order valence-electron chi connectivity index (χ1n) is 8.11. The van der Waals surface area contributed by atoms with Gasteiger partial charge in [-0.3, -0.25) is 9.59 Å². The summed E-state index contributed by atoms with van der Waals surface area (Å²) in [4.78, 5) is 24.3. The number of nitrogens with one attached hydrogen (secondary N) is 2. The standard InChI is InChI=1S/C19H20Cl2N2O3/c1-3-17(12-4-7-14(26-2)8-5-12)23-18(24)11-22-19(25)15-9-6-13(20)10-16(15)21/h4-10,17H,3,11H2,1-2H3,(H,22,25)(H,23,24). The molecule has 0 aliphatic carbocycles. The third-order valence-electron chi connectivity index (χ3n) is 3.85. The van der Waals surface area contributed by atoms with Crippen LogP contribution < -0.4 is 15.4 Å². The van der Waals surface area contributed by atoms with Crippen LogP contribution in [0.4, 0.5) is 0 Å². The highest BCUT2D eigenvalue weighted by molar-refractivity contribution is 6.36. The van der Waals surface area contributed by atoms with Crippen LogP contribution >= 0.6 is 23.2 Å².